The van der Waals surface area contributed by atoms with E-state index in [-0.39, 0.29) is 11.9 Å². The summed E-state index contributed by atoms with van der Waals surface area (Å²) in [5.74, 6) is -0.182. The minimum atomic E-state index is -0.182. The van der Waals surface area contributed by atoms with Gasteiger partial charge in [-0.3, -0.25) is 0 Å². The SMILES string of the molecule is Cc1ccc(C(C)NCc2ccc(Br)cc2F)cc1. The highest BCUT2D eigenvalue weighted by Gasteiger charge is 2.07. The van der Waals surface area contributed by atoms with Gasteiger partial charge in [0, 0.05) is 22.6 Å². The molecule has 0 radical (unpaired) electrons. The average molecular weight is 322 g/mol. The van der Waals surface area contributed by atoms with Gasteiger partial charge in [-0.2, -0.15) is 0 Å². The molecule has 0 saturated carbocycles. The van der Waals surface area contributed by atoms with E-state index in [1.165, 1.54) is 17.2 Å². The summed E-state index contributed by atoms with van der Waals surface area (Å²) >= 11 is 3.26. The average Bonchev–Trinajstić information content (AvgIpc) is 2.38. The van der Waals surface area contributed by atoms with E-state index < -0.39 is 0 Å². The molecule has 1 N–H and O–H groups in total. The summed E-state index contributed by atoms with van der Waals surface area (Å²) in [6, 6.07) is 13.7. The topological polar surface area (TPSA) is 12.0 Å². The Hall–Kier alpha value is -1.19. The molecule has 0 aliphatic heterocycles. The molecule has 100 valence electrons. The van der Waals surface area contributed by atoms with Gasteiger partial charge in [0.1, 0.15) is 5.82 Å². The second-order valence-electron chi connectivity index (χ2n) is 4.75. The van der Waals surface area contributed by atoms with Crippen LogP contribution in [0, 0.1) is 12.7 Å². The van der Waals surface area contributed by atoms with E-state index in [9.17, 15) is 4.39 Å². The maximum absolute atomic E-state index is 13.7. The third-order valence-corrected chi connectivity index (χ3v) is 3.68. The van der Waals surface area contributed by atoms with Crippen molar-refractivity contribution in [3.63, 3.8) is 0 Å². The first-order valence-corrected chi connectivity index (χ1v) is 7.09. The van der Waals surface area contributed by atoms with Crippen molar-refractivity contribution in [2.24, 2.45) is 0 Å². The standard InChI is InChI=1S/C16H17BrFN/c1-11-3-5-13(6-4-11)12(2)19-10-14-7-8-15(17)9-16(14)18/h3-9,12,19H,10H2,1-2H3. The quantitative estimate of drug-likeness (QED) is 0.857. The Labute approximate surface area is 122 Å². The zero-order valence-electron chi connectivity index (χ0n) is 11.1. The fourth-order valence-electron chi connectivity index (χ4n) is 1.90. The summed E-state index contributed by atoms with van der Waals surface area (Å²) in [7, 11) is 0. The van der Waals surface area contributed by atoms with Gasteiger partial charge >= 0.3 is 0 Å². The van der Waals surface area contributed by atoms with Crippen LogP contribution in [0.25, 0.3) is 0 Å². The molecule has 0 aliphatic rings. The van der Waals surface area contributed by atoms with Crippen molar-refractivity contribution in [1.82, 2.24) is 5.32 Å². The summed E-state index contributed by atoms with van der Waals surface area (Å²) < 4.78 is 14.5. The molecule has 19 heavy (non-hydrogen) atoms. The minimum Gasteiger partial charge on any atom is -0.306 e. The summed E-state index contributed by atoms with van der Waals surface area (Å²) in [6.07, 6.45) is 0. The number of aryl methyl sites for hydroxylation is 1. The van der Waals surface area contributed by atoms with Crippen LogP contribution in [0.3, 0.4) is 0 Å². The molecular formula is C16H17BrFN. The van der Waals surface area contributed by atoms with Crippen LogP contribution in [0.4, 0.5) is 4.39 Å². The molecule has 1 nitrogen and oxygen atoms in total. The highest BCUT2D eigenvalue weighted by Crippen LogP contribution is 2.17. The number of halogens is 2. The molecule has 1 unspecified atom stereocenters. The van der Waals surface area contributed by atoms with Crippen LogP contribution < -0.4 is 5.32 Å². The largest absolute Gasteiger partial charge is 0.306 e. The number of hydrogen-bond donors (Lipinski definition) is 1. The van der Waals surface area contributed by atoms with E-state index in [4.69, 9.17) is 0 Å². The molecule has 0 aromatic heterocycles. The smallest absolute Gasteiger partial charge is 0.128 e. The van der Waals surface area contributed by atoms with Crippen LogP contribution in [-0.4, -0.2) is 0 Å². The van der Waals surface area contributed by atoms with Crippen molar-refractivity contribution < 1.29 is 4.39 Å². The van der Waals surface area contributed by atoms with Gasteiger partial charge in [0.05, 0.1) is 0 Å². The third kappa shape index (κ3) is 3.88. The van der Waals surface area contributed by atoms with Gasteiger partial charge in [-0.1, -0.05) is 51.8 Å². The Balaban J connectivity index is 2.00. The molecule has 1 atom stereocenters. The van der Waals surface area contributed by atoms with Crippen molar-refractivity contribution in [3.8, 4) is 0 Å². The van der Waals surface area contributed by atoms with E-state index in [2.05, 4.69) is 59.4 Å². The van der Waals surface area contributed by atoms with Crippen molar-refractivity contribution in [2.45, 2.75) is 26.4 Å². The first kappa shape index (κ1) is 14.2. The monoisotopic (exact) mass is 321 g/mol. The lowest BCUT2D eigenvalue weighted by Gasteiger charge is -2.15. The van der Waals surface area contributed by atoms with Crippen LogP contribution in [0.2, 0.25) is 0 Å². The molecule has 0 spiro atoms. The van der Waals surface area contributed by atoms with Gasteiger partial charge < -0.3 is 5.32 Å². The second kappa shape index (κ2) is 6.31. The second-order valence-corrected chi connectivity index (χ2v) is 5.66. The predicted octanol–water partition coefficient (Wildman–Crippen LogP) is 4.75. The highest BCUT2D eigenvalue weighted by molar-refractivity contribution is 9.10. The van der Waals surface area contributed by atoms with Gasteiger partial charge in [-0.25, -0.2) is 4.39 Å². The first-order valence-electron chi connectivity index (χ1n) is 6.30. The summed E-state index contributed by atoms with van der Waals surface area (Å²) in [5.41, 5.74) is 3.14. The fraction of sp³-hybridized carbons (Fsp3) is 0.250. The van der Waals surface area contributed by atoms with Crippen molar-refractivity contribution in [2.75, 3.05) is 0 Å². The van der Waals surface area contributed by atoms with E-state index >= 15 is 0 Å². The zero-order chi connectivity index (χ0) is 13.8. The van der Waals surface area contributed by atoms with E-state index in [1.54, 1.807) is 6.07 Å². The maximum Gasteiger partial charge on any atom is 0.128 e. The molecule has 0 amide bonds. The fourth-order valence-corrected chi connectivity index (χ4v) is 2.23. The molecule has 2 aromatic carbocycles. The molecule has 2 rings (SSSR count). The lowest BCUT2D eigenvalue weighted by Crippen LogP contribution is -2.18. The Kier molecular flexibility index (Phi) is 4.72. The molecule has 0 aliphatic carbocycles. The van der Waals surface area contributed by atoms with Crippen LogP contribution in [0.5, 0.6) is 0 Å². The molecule has 0 fully saturated rings. The molecule has 0 saturated heterocycles. The number of benzene rings is 2. The van der Waals surface area contributed by atoms with Crippen molar-refractivity contribution >= 4 is 15.9 Å². The van der Waals surface area contributed by atoms with Gasteiger partial charge in [-0.15, -0.1) is 0 Å². The summed E-state index contributed by atoms with van der Waals surface area (Å²) in [6.45, 7) is 4.68. The van der Waals surface area contributed by atoms with Gasteiger partial charge in [0.25, 0.3) is 0 Å². The number of nitrogens with one attached hydrogen (secondary N) is 1. The maximum atomic E-state index is 13.7. The lowest BCUT2D eigenvalue weighted by molar-refractivity contribution is 0.544. The van der Waals surface area contributed by atoms with Crippen LogP contribution in [0.1, 0.15) is 29.7 Å². The van der Waals surface area contributed by atoms with Crippen molar-refractivity contribution in [3.05, 3.63) is 69.4 Å². The van der Waals surface area contributed by atoms with E-state index in [0.717, 1.165) is 4.47 Å². The molecule has 0 bridgehead atoms. The van der Waals surface area contributed by atoms with Crippen molar-refractivity contribution in [1.29, 1.82) is 0 Å². The molecular weight excluding hydrogens is 305 g/mol. The van der Waals surface area contributed by atoms with Gasteiger partial charge in [0.2, 0.25) is 0 Å². The molecule has 2 aromatic rings. The zero-order valence-corrected chi connectivity index (χ0v) is 12.7. The van der Waals surface area contributed by atoms with Crippen LogP contribution in [-0.2, 0) is 6.54 Å². The number of hydrogen-bond acceptors (Lipinski definition) is 1. The van der Waals surface area contributed by atoms with Gasteiger partial charge in [0.15, 0.2) is 0 Å². The number of rotatable bonds is 4. The van der Waals surface area contributed by atoms with Crippen LogP contribution in [0.15, 0.2) is 46.9 Å². The predicted molar refractivity (Wildman–Crippen MR) is 80.5 cm³/mol. The third-order valence-electron chi connectivity index (χ3n) is 3.19. The molecule has 3 heteroatoms. The Morgan fingerprint density at radius 1 is 1.16 bits per heavy atom. The normalized spacial score (nSPS) is 12.4. The Morgan fingerprint density at radius 2 is 1.84 bits per heavy atom. The summed E-state index contributed by atoms with van der Waals surface area (Å²) in [5, 5.41) is 3.34. The lowest BCUT2D eigenvalue weighted by atomic mass is 10.1. The van der Waals surface area contributed by atoms with Gasteiger partial charge in [-0.05, 0) is 31.5 Å². The van der Waals surface area contributed by atoms with E-state index in [0.29, 0.717) is 12.1 Å². The molecule has 0 heterocycles. The Morgan fingerprint density at radius 3 is 2.47 bits per heavy atom. The Bertz CT molecular complexity index is 551. The van der Waals surface area contributed by atoms with E-state index in [1.807, 2.05) is 6.07 Å². The first-order chi connectivity index (χ1) is 9.06. The minimum absolute atomic E-state index is 0.182. The summed E-state index contributed by atoms with van der Waals surface area (Å²) in [4.78, 5) is 0. The highest BCUT2D eigenvalue weighted by atomic mass is 79.9. The van der Waals surface area contributed by atoms with Crippen LogP contribution >= 0.6 is 15.9 Å².